The lowest BCUT2D eigenvalue weighted by Crippen LogP contribution is -2.42. The first kappa shape index (κ1) is 11.3. The van der Waals surface area contributed by atoms with Crippen molar-refractivity contribution in [2.24, 2.45) is 0 Å². The number of piperidine rings is 1. The molecular formula is C12H20N4. The van der Waals surface area contributed by atoms with Crippen LogP contribution < -0.4 is 5.32 Å². The maximum Gasteiger partial charge on any atom is 0.129 e. The molecule has 0 saturated carbocycles. The maximum absolute atomic E-state index is 4.38. The average molecular weight is 220 g/mol. The van der Waals surface area contributed by atoms with E-state index in [2.05, 4.69) is 27.1 Å². The molecule has 0 aliphatic carbocycles. The number of rotatable bonds is 3. The zero-order valence-electron chi connectivity index (χ0n) is 10.1. The Kier molecular flexibility index (Phi) is 3.72. The number of aromatic nitrogens is 2. The van der Waals surface area contributed by atoms with Crippen LogP contribution in [0.3, 0.4) is 0 Å². The topological polar surface area (TPSA) is 41.0 Å². The molecule has 1 N–H and O–H groups in total. The minimum atomic E-state index is 0.531. The molecule has 0 amide bonds. The van der Waals surface area contributed by atoms with E-state index in [1.807, 2.05) is 19.2 Å². The van der Waals surface area contributed by atoms with Gasteiger partial charge in [-0.05, 0) is 38.9 Å². The third-order valence-corrected chi connectivity index (χ3v) is 3.08. The second-order valence-corrected chi connectivity index (χ2v) is 4.37. The molecule has 0 radical (unpaired) electrons. The molecule has 1 unspecified atom stereocenters. The van der Waals surface area contributed by atoms with E-state index in [1.54, 1.807) is 0 Å². The van der Waals surface area contributed by atoms with Crippen molar-refractivity contribution in [1.82, 2.24) is 14.9 Å². The SMILES string of the molecule is CCN1CCCC(Nc2ccnc(C)n2)C1. The van der Waals surface area contributed by atoms with Gasteiger partial charge in [0.15, 0.2) is 0 Å². The molecule has 1 aromatic rings. The summed E-state index contributed by atoms with van der Waals surface area (Å²) in [6.45, 7) is 7.64. The van der Waals surface area contributed by atoms with Gasteiger partial charge in [-0.3, -0.25) is 0 Å². The summed E-state index contributed by atoms with van der Waals surface area (Å²) in [5, 5.41) is 3.49. The van der Waals surface area contributed by atoms with Gasteiger partial charge in [-0.2, -0.15) is 0 Å². The summed E-state index contributed by atoms with van der Waals surface area (Å²) in [5.74, 6) is 1.78. The van der Waals surface area contributed by atoms with E-state index in [1.165, 1.54) is 19.4 Å². The average Bonchev–Trinajstić information content (AvgIpc) is 2.29. The van der Waals surface area contributed by atoms with Crippen molar-refractivity contribution in [1.29, 1.82) is 0 Å². The van der Waals surface area contributed by atoms with Crippen LogP contribution >= 0.6 is 0 Å². The predicted molar refractivity (Wildman–Crippen MR) is 65.5 cm³/mol. The Morgan fingerprint density at radius 3 is 3.19 bits per heavy atom. The minimum Gasteiger partial charge on any atom is -0.366 e. The summed E-state index contributed by atoms with van der Waals surface area (Å²) < 4.78 is 0. The molecule has 0 aromatic carbocycles. The van der Waals surface area contributed by atoms with E-state index >= 15 is 0 Å². The van der Waals surface area contributed by atoms with Gasteiger partial charge in [-0.1, -0.05) is 6.92 Å². The van der Waals surface area contributed by atoms with E-state index in [4.69, 9.17) is 0 Å². The number of hydrogen-bond acceptors (Lipinski definition) is 4. The molecule has 1 saturated heterocycles. The van der Waals surface area contributed by atoms with Crippen molar-refractivity contribution in [2.45, 2.75) is 32.7 Å². The van der Waals surface area contributed by atoms with Crippen LogP contribution in [0.5, 0.6) is 0 Å². The van der Waals surface area contributed by atoms with Gasteiger partial charge >= 0.3 is 0 Å². The van der Waals surface area contributed by atoms with Crippen LogP contribution in [0.15, 0.2) is 12.3 Å². The number of aryl methyl sites for hydroxylation is 1. The largest absolute Gasteiger partial charge is 0.366 e. The Balaban J connectivity index is 1.94. The van der Waals surface area contributed by atoms with Crippen LogP contribution in [0.25, 0.3) is 0 Å². The Morgan fingerprint density at radius 1 is 1.56 bits per heavy atom. The number of nitrogens with one attached hydrogen (secondary N) is 1. The molecule has 16 heavy (non-hydrogen) atoms. The summed E-state index contributed by atoms with van der Waals surface area (Å²) in [6.07, 6.45) is 4.32. The van der Waals surface area contributed by atoms with E-state index in [0.717, 1.165) is 24.7 Å². The number of anilines is 1. The molecule has 1 aliphatic heterocycles. The molecular weight excluding hydrogens is 200 g/mol. The molecule has 88 valence electrons. The zero-order valence-corrected chi connectivity index (χ0v) is 10.1. The number of likely N-dealkylation sites (N-methyl/N-ethyl adjacent to an activating group) is 1. The zero-order chi connectivity index (χ0) is 11.4. The lowest BCUT2D eigenvalue weighted by atomic mass is 10.1. The maximum atomic E-state index is 4.38. The standard InChI is InChI=1S/C12H20N4/c1-3-16-8-4-5-11(9-16)15-12-6-7-13-10(2)14-12/h6-7,11H,3-5,8-9H2,1-2H3,(H,13,14,15). The first-order valence-electron chi connectivity index (χ1n) is 6.06. The first-order chi connectivity index (χ1) is 7.78. The Morgan fingerprint density at radius 2 is 2.44 bits per heavy atom. The monoisotopic (exact) mass is 220 g/mol. The van der Waals surface area contributed by atoms with Crippen LogP contribution in [0.1, 0.15) is 25.6 Å². The van der Waals surface area contributed by atoms with Crippen LogP contribution in [-0.2, 0) is 0 Å². The number of hydrogen-bond donors (Lipinski definition) is 1. The minimum absolute atomic E-state index is 0.531. The van der Waals surface area contributed by atoms with E-state index in [9.17, 15) is 0 Å². The van der Waals surface area contributed by atoms with Crippen LogP contribution in [0.4, 0.5) is 5.82 Å². The van der Waals surface area contributed by atoms with Crippen LogP contribution in [0, 0.1) is 6.92 Å². The molecule has 2 heterocycles. The lowest BCUT2D eigenvalue weighted by Gasteiger charge is -2.32. The van der Waals surface area contributed by atoms with Gasteiger partial charge in [0.1, 0.15) is 11.6 Å². The van der Waals surface area contributed by atoms with Crippen molar-refractivity contribution in [3.8, 4) is 0 Å². The van der Waals surface area contributed by atoms with E-state index < -0.39 is 0 Å². The molecule has 0 spiro atoms. The third kappa shape index (κ3) is 2.92. The summed E-state index contributed by atoms with van der Waals surface area (Å²) in [4.78, 5) is 11.0. The van der Waals surface area contributed by atoms with Crippen LogP contribution in [-0.4, -0.2) is 40.5 Å². The summed E-state index contributed by atoms with van der Waals surface area (Å²) in [7, 11) is 0. The summed E-state index contributed by atoms with van der Waals surface area (Å²) >= 11 is 0. The smallest absolute Gasteiger partial charge is 0.129 e. The molecule has 4 heteroatoms. The molecule has 2 rings (SSSR count). The number of likely N-dealkylation sites (tertiary alicyclic amines) is 1. The Bertz CT molecular complexity index is 340. The van der Waals surface area contributed by atoms with Gasteiger partial charge in [0, 0.05) is 18.8 Å². The normalized spacial score (nSPS) is 22.0. The second-order valence-electron chi connectivity index (χ2n) is 4.37. The molecule has 0 bridgehead atoms. The molecule has 1 aromatic heterocycles. The molecule has 1 fully saturated rings. The lowest BCUT2D eigenvalue weighted by molar-refractivity contribution is 0.226. The van der Waals surface area contributed by atoms with Gasteiger partial charge in [-0.25, -0.2) is 9.97 Å². The van der Waals surface area contributed by atoms with Gasteiger partial charge in [0.05, 0.1) is 0 Å². The van der Waals surface area contributed by atoms with Crippen molar-refractivity contribution >= 4 is 5.82 Å². The highest BCUT2D eigenvalue weighted by Gasteiger charge is 2.18. The fourth-order valence-electron chi connectivity index (χ4n) is 2.21. The summed E-state index contributed by atoms with van der Waals surface area (Å²) in [6, 6.07) is 2.47. The van der Waals surface area contributed by atoms with Crippen molar-refractivity contribution in [3.63, 3.8) is 0 Å². The van der Waals surface area contributed by atoms with Gasteiger partial charge in [-0.15, -0.1) is 0 Å². The highest BCUT2D eigenvalue weighted by molar-refractivity contribution is 5.34. The second kappa shape index (κ2) is 5.25. The Hall–Kier alpha value is -1.16. The molecule has 4 nitrogen and oxygen atoms in total. The summed E-state index contributed by atoms with van der Waals surface area (Å²) in [5.41, 5.74) is 0. The molecule has 1 aliphatic rings. The highest BCUT2D eigenvalue weighted by atomic mass is 15.2. The fraction of sp³-hybridized carbons (Fsp3) is 0.667. The quantitative estimate of drug-likeness (QED) is 0.841. The van der Waals surface area contributed by atoms with Gasteiger partial charge in [0.2, 0.25) is 0 Å². The van der Waals surface area contributed by atoms with E-state index in [-0.39, 0.29) is 0 Å². The third-order valence-electron chi connectivity index (χ3n) is 3.08. The Labute approximate surface area is 97.1 Å². The highest BCUT2D eigenvalue weighted by Crippen LogP contribution is 2.14. The fourth-order valence-corrected chi connectivity index (χ4v) is 2.21. The van der Waals surface area contributed by atoms with Crippen molar-refractivity contribution in [2.75, 3.05) is 25.0 Å². The van der Waals surface area contributed by atoms with Crippen molar-refractivity contribution < 1.29 is 0 Å². The van der Waals surface area contributed by atoms with E-state index in [0.29, 0.717) is 6.04 Å². The van der Waals surface area contributed by atoms with Gasteiger partial charge in [0.25, 0.3) is 0 Å². The van der Waals surface area contributed by atoms with Crippen molar-refractivity contribution in [3.05, 3.63) is 18.1 Å². The number of nitrogens with zero attached hydrogens (tertiary/aromatic N) is 3. The molecule has 1 atom stereocenters. The van der Waals surface area contributed by atoms with Gasteiger partial charge < -0.3 is 10.2 Å². The predicted octanol–water partition coefficient (Wildman–Crippen LogP) is 1.68. The van der Waals surface area contributed by atoms with Crippen LogP contribution in [0.2, 0.25) is 0 Å². The first-order valence-corrected chi connectivity index (χ1v) is 6.06.